The van der Waals surface area contributed by atoms with Crippen LogP contribution in [0.1, 0.15) is 75.7 Å². The lowest BCUT2D eigenvalue weighted by molar-refractivity contribution is -0.178. The smallest absolute Gasteiger partial charge is 0.313 e. The van der Waals surface area contributed by atoms with Gasteiger partial charge in [0.2, 0.25) is 0 Å². The summed E-state index contributed by atoms with van der Waals surface area (Å²) in [6.45, 7) is 4.24. The molecule has 2 aliphatic rings. The molecule has 4 heteroatoms. The van der Waals surface area contributed by atoms with Crippen molar-refractivity contribution in [2.45, 2.75) is 83.7 Å². The van der Waals surface area contributed by atoms with Crippen LogP contribution in [0, 0.1) is 5.92 Å². The summed E-state index contributed by atoms with van der Waals surface area (Å²) in [6, 6.07) is 4.32. The van der Waals surface area contributed by atoms with Gasteiger partial charge in [0, 0.05) is 17.8 Å². The molecule has 0 bridgehead atoms. The number of hydrogen-bond donors (Lipinski definition) is 0. The maximum Gasteiger partial charge on any atom is 0.313 e. The second-order valence-electron chi connectivity index (χ2n) is 7.58. The lowest BCUT2D eigenvalue weighted by Gasteiger charge is -2.41. The number of aryl methyl sites for hydroxylation is 3. The van der Waals surface area contributed by atoms with E-state index in [4.69, 9.17) is 4.74 Å². The molecular formula is C21H29NO3. The maximum atomic E-state index is 12.1. The Hall–Kier alpha value is -1.71. The summed E-state index contributed by atoms with van der Waals surface area (Å²) < 4.78 is 5.89. The van der Waals surface area contributed by atoms with E-state index in [0.29, 0.717) is 12.3 Å². The zero-order valence-corrected chi connectivity index (χ0v) is 15.5. The Morgan fingerprint density at radius 1 is 1.12 bits per heavy atom. The quantitative estimate of drug-likeness (QED) is 0.579. The molecule has 1 aromatic rings. The number of Topliss-reactive ketones (excluding diaryl/α,β-unsaturated/α-hetero) is 1. The van der Waals surface area contributed by atoms with Gasteiger partial charge in [0.05, 0.1) is 0 Å². The molecular weight excluding hydrogens is 314 g/mol. The minimum atomic E-state index is -0.578. The van der Waals surface area contributed by atoms with Gasteiger partial charge in [-0.1, -0.05) is 26.7 Å². The monoisotopic (exact) mass is 343 g/mol. The van der Waals surface area contributed by atoms with E-state index in [0.717, 1.165) is 49.9 Å². The molecule has 1 aliphatic carbocycles. The van der Waals surface area contributed by atoms with Gasteiger partial charge >= 0.3 is 5.97 Å². The third-order valence-corrected chi connectivity index (χ3v) is 5.81. The normalized spacial score (nSPS) is 24.6. The van der Waals surface area contributed by atoms with E-state index in [2.05, 4.69) is 31.0 Å². The average molecular weight is 343 g/mol. The molecule has 0 radical (unpaired) electrons. The molecule has 2 heterocycles. The Morgan fingerprint density at radius 2 is 1.76 bits per heavy atom. The van der Waals surface area contributed by atoms with Crippen LogP contribution in [0.2, 0.25) is 0 Å². The first-order valence-electron chi connectivity index (χ1n) is 9.77. The average Bonchev–Trinajstić information content (AvgIpc) is 3.14. The molecule has 25 heavy (non-hydrogen) atoms. The van der Waals surface area contributed by atoms with Crippen molar-refractivity contribution in [2.75, 3.05) is 0 Å². The van der Waals surface area contributed by atoms with E-state index in [9.17, 15) is 9.59 Å². The van der Waals surface area contributed by atoms with E-state index in [1.807, 2.05) is 0 Å². The highest BCUT2D eigenvalue weighted by atomic mass is 16.6. The number of rotatable bonds is 6. The molecule has 3 rings (SSSR count). The summed E-state index contributed by atoms with van der Waals surface area (Å²) in [4.78, 5) is 28.8. The van der Waals surface area contributed by atoms with Crippen LogP contribution in [0.25, 0.3) is 0 Å². The van der Waals surface area contributed by atoms with Crippen LogP contribution in [-0.4, -0.2) is 22.3 Å². The first-order valence-corrected chi connectivity index (χ1v) is 9.77. The number of ketones is 1. The van der Waals surface area contributed by atoms with Gasteiger partial charge < -0.3 is 4.74 Å². The predicted octanol–water partition coefficient (Wildman–Crippen LogP) is 3.97. The second-order valence-corrected chi connectivity index (χ2v) is 7.58. The van der Waals surface area contributed by atoms with Crippen LogP contribution in [0.5, 0.6) is 0 Å². The van der Waals surface area contributed by atoms with Crippen LogP contribution in [-0.2, 0) is 33.6 Å². The van der Waals surface area contributed by atoms with Gasteiger partial charge in [0.25, 0.3) is 0 Å². The Bertz CT molecular complexity index is 608. The molecule has 0 amide bonds. The molecule has 0 N–H and O–H groups in total. The number of pyridine rings is 1. The molecule has 0 unspecified atom stereocenters. The van der Waals surface area contributed by atoms with Gasteiger partial charge in [0.15, 0.2) is 0 Å². The molecule has 1 saturated heterocycles. The highest BCUT2D eigenvalue weighted by Crippen LogP contribution is 2.43. The maximum absolute atomic E-state index is 12.1. The second kappa shape index (κ2) is 7.67. The van der Waals surface area contributed by atoms with Gasteiger partial charge in [-0.25, -0.2) is 0 Å². The fraction of sp³-hybridized carbons (Fsp3) is 0.667. The molecule has 4 nitrogen and oxygen atoms in total. The number of carbonyl (C=O) groups excluding carboxylic acids is 2. The minimum absolute atomic E-state index is 0.0429. The van der Waals surface area contributed by atoms with Crippen molar-refractivity contribution in [1.82, 2.24) is 4.98 Å². The third-order valence-electron chi connectivity index (χ3n) is 5.81. The molecule has 1 aromatic heterocycles. The summed E-state index contributed by atoms with van der Waals surface area (Å²) in [5.41, 5.74) is 2.89. The minimum Gasteiger partial charge on any atom is -0.458 e. The lowest BCUT2D eigenvalue weighted by Crippen LogP contribution is -2.48. The number of cyclic esters (lactones) is 1. The van der Waals surface area contributed by atoms with Crippen molar-refractivity contribution < 1.29 is 14.3 Å². The Morgan fingerprint density at radius 3 is 2.32 bits per heavy atom. The predicted molar refractivity (Wildman–Crippen MR) is 96.3 cm³/mol. The largest absolute Gasteiger partial charge is 0.458 e. The van der Waals surface area contributed by atoms with Crippen LogP contribution in [0.4, 0.5) is 0 Å². The highest BCUT2D eigenvalue weighted by Gasteiger charge is 2.47. The van der Waals surface area contributed by atoms with Crippen molar-refractivity contribution in [3.63, 3.8) is 0 Å². The van der Waals surface area contributed by atoms with Crippen molar-refractivity contribution in [2.24, 2.45) is 5.92 Å². The van der Waals surface area contributed by atoms with E-state index >= 15 is 0 Å². The van der Waals surface area contributed by atoms with E-state index in [-0.39, 0.29) is 18.2 Å². The number of ether oxygens (including phenoxy) is 1. The number of hydrogen-bond acceptors (Lipinski definition) is 4. The van der Waals surface area contributed by atoms with Crippen molar-refractivity contribution in [3.8, 4) is 0 Å². The topological polar surface area (TPSA) is 56.3 Å². The third kappa shape index (κ3) is 4.10. The summed E-state index contributed by atoms with van der Waals surface area (Å²) in [5.74, 6) is 0.0431. The van der Waals surface area contributed by atoms with Crippen molar-refractivity contribution in [3.05, 3.63) is 29.1 Å². The fourth-order valence-corrected chi connectivity index (χ4v) is 4.46. The molecule has 1 saturated carbocycles. The summed E-state index contributed by atoms with van der Waals surface area (Å²) in [6.07, 6.45) is 8.24. The van der Waals surface area contributed by atoms with Gasteiger partial charge in [-0.15, -0.1) is 0 Å². The lowest BCUT2D eigenvalue weighted by atomic mass is 9.76. The van der Waals surface area contributed by atoms with Crippen LogP contribution in [0.3, 0.4) is 0 Å². The van der Waals surface area contributed by atoms with E-state index in [1.165, 1.54) is 18.4 Å². The first kappa shape index (κ1) is 18.1. The Labute approximate surface area is 150 Å². The fourth-order valence-electron chi connectivity index (χ4n) is 4.46. The molecule has 0 spiro atoms. The number of nitrogens with zero attached hydrogens (tertiary/aromatic N) is 1. The van der Waals surface area contributed by atoms with Gasteiger partial charge in [-0.2, -0.15) is 0 Å². The van der Waals surface area contributed by atoms with Crippen LogP contribution in [0.15, 0.2) is 12.1 Å². The highest BCUT2D eigenvalue weighted by molar-refractivity contribution is 5.98. The SMILES string of the molecule is CCc1cc(CC[C@]2(C3CCCC3)CC(=O)CC(=O)O2)cc(CC)n1. The van der Waals surface area contributed by atoms with Gasteiger partial charge in [-0.05, 0) is 62.1 Å². The molecule has 2 fully saturated rings. The number of aromatic nitrogens is 1. The van der Waals surface area contributed by atoms with Crippen molar-refractivity contribution >= 4 is 11.8 Å². The van der Waals surface area contributed by atoms with Crippen LogP contribution >= 0.6 is 0 Å². The van der Waals surface area contributed by atoms with E-state index in [1.54, 1.807) is 0 Å². The van der Waals surface area contributed by atoms with Crippen LogP contribution < -0.4 is 0 Å². The standard InChI is InChI=1S/C21H29NO3/c1-3-17-11-15(12-18(4-2)22-17)9-10-21(16-7-5-6-8-16)14-19(23)13-20(24)25-21/h11-12,16H,3-10,13-14H2,1-2H3/t21-/m1/s1. The van der Waals surface area contributed by atoms with Gasteiger partial charge in [-0.3, -0.25) is 14.6 Å². The number of esters is 1. The zero-order valence-electron chi connectivity index (χ0n) is 15.5. The van der Waals surface area contributed by atoms with E-state index < -0.39 is 5.60 Å². The summed E-state index contributed by atoms with van der Waals surface area (Å²) in [7, 11) is 0. The van der Waals surface area contributed by atoms with Gasteiger partial charge in [0.1, 0.15) is 17.8 Å². The Balaban J connectivity index is 1.81. The molecule has 136 valence electrons. The summed E-state index contributed by atoms with van der Waals surface area (Å²) in [5, 5.41) is 0. The van der Waals surface area contributed by atoms with Crippen molar-refractivity contribution in [1.29, 1.82) is 0 Å². The number of carbonyl (C=O) groups is 2. The molecule has 1 atom stereocenters. The molecule has 1 aliphatic heterocycles. The Kier molecular flexibility index (Phi) is 5.55. The molecule has 0 aromatic carbocycles. The summed E-state index contributed by atoms with van der Waals surface area (Å²) >= 11 is 0. The first-order chi connectivity index (χ1) is 12.0. The zero-order chi connectivity index (χ0) is 17.9.